The second kappa shape index (κ2) is 10.5. The number of piperidine rings is 1. The van der Waals surface area contributed by atoms with Crippen LogP contribution in [0.2, 0.25) is 0 Å². The van der Waals surface area contributed by atoms with Crippen LogP contribution in [0, 0.1) is 12.8 Å². The first-order chi connectivity index (χ1) is 10.7. The van der Waals surface area contributed by atoms with Crippen molar-refractivity contribution in [3.63, 3.8) is 0 Å². The predicted octanol–water partition coefficient (Wildman–Crippen LogP) is 3.46. The molecule has 0 aliphatic carbocycles. The maximum absolute atomic E-state index is 11.8. The summed E-state index contributed by atoms with van der Waals surface area (Å²) in [7, 11) is 0. The van der Waals surface area contributed by atoms with Crippen molar-refractivity contribution in [2.45, 2.75) is 33.1 Å². The molecule has 1 aliphatic rings. The Hall–Kier alpha value is -1.26. The van der Waals surface area contributed by atoms with Gasteiger partial charge in [0, 0.05) is 13.1 Å². The summed E-state index contributed by atoms with van der Waals surface area (Å²) in [6.07, 6.45) is 3.00. The minimum absolute atomic E-state index is 0. The lowest BCUT2D eigenvalue weighted by molar-refractivity contribution is -0.149. The minimum atomic E-state index is -0.0386. The van der Waals surface area contributed by atoms with E-state index in [0.29, 0.717) is 13.2 Å². The van der Waals surface area contributed by atoms with Crippen molar-refractivity contribution in [1.29, 1.82) is 0 Å². The van der Waals surface area contributed by atoms with Crippen molar-refractivity contribution in [1.82, 2.24) is 4.90 Å². The van der Waals surface area contributed by atoms with Gasteiger partial charge in [-0.3, -0.25) is 4.79 Å². The van der Waals surface area contributed by atoms with Crippen LogP contribution in [0.1, 0.15) is 31.7 Å². The van der Waals surface area contributed by atoms with E-state index in [1.54, 1.807) is 0 Å². The number of hydrogen-bond acceptors (Lipinski definition) is 4. The number of ether oxygens (including phenoxy) is 2. The van der Waals surface area contributed by atoms with E-state index >= 15 is 0 Å². The lowest BCUT2D eigenvalue weighted by Crippen LogP contribution is -2.40. The first-order valence-electron chi connectivity index (χ1n) is 8.28. The van der Waals surface area contributed by atoms with Crippen LogP contribution >= 0.6 is 12.4 Å². The van der Waals surface area contributed by atoms with Crippen molar-refractivity contribution in [2.75, 3.05) is 32.8 Å². The summed E-state index contributed by atoms with van der Waals surface area (Å²) in [5.41, 5.74) is 1.17. The van der Waals surface area contributed by atoms with E-state index in [-0.39, 0.29) is 24.3 Å². The number of nitrogens with zero attached hydrogens (tertiary/aromatic N) is 1. The Bertz CT molecular complexity index is 481. The molecule has 4 nitrogen and oxygen atoms in total. The summed E-state index contributed by atoms with van der Waals surface area (Å²) >= 11 is 0. The Morgan fingerprint density at radius 3 is 2.87 bits per heavy atom. The quantitative estimate of drug-likeness (QED) is 0.562. The maximum atomic E-state index is 11.8. The van der Waals surface area contributed by atoms with Gasteiger partial charge in [0.1, 0.15) is 5.75 Å². The molecule has 2 rings (SSSR count). The molecular formula is C18H28ClNO3. The van der Waals surface area contributed by atoms with E-state index < -0.39 is 0 Å². The molecule has 1 heterocycles. The number of benzene rings is 1. The number of hydrogen-bond donors (Lipinski definition) is 0. The number of para-hydroxylation sites is 1. The highest BCUT2D eigenvalue weighted by atomic mass is 35.5. The van der Waals surface area contributed by atoms with E-state index in [0.717, 1.165) is 44.6 Å². The summed E-state index contributed by atoms with van der Waals surface area (Å²) in [4.78, 5) is 14.2. The fourth-order valence-corrected chi connectivity index (χ4v) is 2.90. The predicted molar refractivity (Wildman–Crippen MR) is 94.3 cm³/mol. The molecule has 1 fully saturated rings. The largest absolute Gasteiger partial charge is 0.493 e. The van der Waals surface area contributed by atoms with Crippen molar-refractivity contribution in [3.8, 4) is 5.75 Å². The Balaban J connectivity index is 0.00000264. The number of likely N-dealkylation sites (tertiary alicyclic amines) is 1. The molecule has 130 valence electrons. The zero-order chi connectivity index (χ0) is 15.8. The molecule has 23 heavy (non-hydrogen) atoms. The van der Waals surface area contributed by atoms with Gasteiger partial charge in [-0.25, -0.2) is 0 Å². The Labute approximate surface area is 145 Å². The fourth-order valence-electron chi connectivity index (χ4n) is 2.90. The molecular weight excluding hydrogens is 314 g/mol. The molecule has 0 aromatic heterocycles. The van der Waals surface area contributed by atoms with Crippen molar-refractivity contribution < 1.29 is 14.3 Å². The van der Waals surface area contributed by atoms with Crippen molar-refractivity contribution >= 4 is 18.4 Å². The molecule has 0 N–H and O–H groups in total. The Morgan fingerprint density at radius 1 is 1.35 bits per heavy atom. The third-order valence-corrected chi connectivity index (χ3v) is 4.10. The first kappa shape index (κ1) is 19.8. The summed E-state index contributed by atoms with van der Waals surface area (Å²) in [6.45, 7) is 7.97. The topological polar surface area (TPSA) is 38.8 Å². The fraction of sp³-hybridized carbons (Fsp3) is 0.611. The van der Waals surface area contributed by atoms with Gasteiger partial charge in [0.25, 0.3) is 0 Å². The van der Waals surface area contributed by atoms with E-state index in [4.69, 9.17) is 9.47 Å². The number of rotatable bonds is 7. The van der Waals surface area contributed by atoms with Crippen LogP contribution in [0.15, 0.2) is 24.3 Å². The van der Waals surface area contributed by atoms with E-state index in [1.807, 2.05) is 25.1 Å². The molecule has 0 spiro atoms. The zero-order valence-electron chi connectivity index (χ0n) is 14.1. The van der Waals surface area contributed by atoms with Crippen LogP contribution in [0.5, 0.6) is 5.75 Å². The number of carbonyl (C=O) groups excluding carboxylic acids is 1. The second-order valence-electron chi connectivity index (χ2n) is 5.86. The summed E-state index contributed by atoms with van der Waals surface area (Å²) in [6, 6.07) is 8.08. The van der Waals surface area contributed by atoms with E-state index in [9.17, 15) is 4.79 Å². The standard InChI is InChI=1S/C18H27NO3.ClH/c1-3-21-18(20)16-9-6-11-19(14-16)12-7-13-22-17-10-5-4-8-15(17)2;/h4-5,8,10,16H,3,6-7,9,11-14H2,1-2H3;1H. The highest BCUT2D eigenvalue weighted by Gasteiger charge is 2.26. The lowest BCUT2D eigenvalue weighted by atomic mass is 9.98. The molecule has 1 saturated heterocycles. The average Bonchev–Trinajstić information content (AvgIpc) is 2.54. The zero-order valence-corrected chi connectivity index (χ0v) is 14.9. The van der Waals surface area contributed by atoms with Gasteiger partial charge in [-0.1, -0.05) is 18.2 Å². The highest BCUT2D eigenvalue weighted by Crippen LogP contribution is 2.19. The monoisotopic (exact) mass is 341 g/mol. The summed E-state index contributed by atoms with van der Waals surface area (Å²) in [5.74, 6) is 0.972. The molecule has 0 bridgehead atoms. The first-order valence-corrected chi connectivity index (χ1v) is 8.28. The number of carbonyl (C=O) groups is 1. The molecule has 1 aromatic rings. The van der Waals surface area contributed by atoms with Crippen LogP contribution in [-0.2, 0) is 9.53 Å². The Morgan fingerprint density at radius 2 is 2.13 bits per heavy atom. The van der Waals surface area contributed by atoms with Crippen LogP contribution in [0.25, 0.3) is 0 Å². The van der Waals surface area contributed by atoms with Crippen molar-refractivity contribution in [3.05, 3.63) is 29.8 Å². The highest BCUT2D eigenvalue weighted by molar-refractivity contribution is 5.85. The van der Waals surface area contributed by atoms with Gasteiger partial charge in [0.15, 0.2) is 0 Å². The molecule has 1 atom stereocenters. The molecule has 5 heteroatoms. The minimum Gasteiger partial charge on any atom is -0.493 e. The smallest absolute Gasteiger partial charge is 0.310 e. The van der Waals surface area contributed by atoms with Gasteiger partial charge in [0.2, 0.25) is 0 Å². The average molecular weight is 342 g/mol. The molecule has 0 radical (unpaired) electrons. The molecule has 0 saturated carbocycles. The third-order valence-electron chi connectivity index (χ3n) is 4.10. The second-order valence-corrected chi connectivity index (χ2v) is 5.86. The molecule has 0 amide bonds. The lowest BCUT2D eigenvalue weighted by Gasteiger charge is -2.31. The molecule has 1 aliphatic heterocycles. The summed E-state index contributed by atoms with van der Waals surface area (Å²) in [5, 5.41) is 0. The molecule has 1 unspecified atom stereocenters. The van der Waals surface area contributed by atoms with Crippen molar-refractivity contribution in [2.24, 2.45) is 5.92 Å². The van der Waals surface area contributed by atoms with Gasteiger partial charge >= 0.3 is 5.97 Å². The third kappa shape index (κ3) is 6.40. The normalized spacial score (nSPS) is 18.1. The van der Waals surface area contributed by atoms with E-state index in [1.165, 1.54) is 5.56 Å². The van der Waals surface area contributed by atoms with Gasteiger partial charge < -0.3 is 14.4 Å². The van der Waals surface area contributed by atoms with Gasteiger partial charge in [-0.15, -0.1) is 12.4 Å². The Kier molecular flexibility index (Phi) is 9.03. The summed E-state index contributed by atoms with van der Waals surface area (Å²) < 4.78 is 11.0. The van der Waals surface area contributed by atoms with Crippen LogP contribution in [0.4, 0.5) is 0 Å². The van der Waals surface area contributed by atoms with Crippen LogP contribution in [-0.4, -0.2) is 43.7 Å². The number of esters is 1. The van der Waals surface area contributed by atoms with E-state index in [2.05, 4.69) is 17.9 Å². The number of halogens is 1. The van der Waals surface area contributed by atoms with Gasteiger partial charge in [-0.2, -0.15) is 0 Å². The SMILES string of the molecule is CCOC(=O)C1CCCN(CCCOc2ccccc2C)C1.Cl. The van der Waals surface area contributed by atoms with Gasteiger partial charge in [-0.05, 0) is 51.3 Å². The van der Waals surface area contributed by atoms with Crippen LogP contribution in [0.3, 0.4) is 0 Å². The molecule has 1 aromatic carbocycles. The maximum Gasteiger partial charge on any atom is 0.310 e. The van der Waals surface area contributed by atoms with Gasteiger partial charge in [0.05, 0.1) is 19.1 Å². The van der Waals surface area contributed by atoms with Crippen LogP contribution < -0.4 is 4.74 Å². The number of aryl methyl sites for hydroxylation is 1.